The lowest BCUT2D eigenvalue weighted by atomic mass is 10.1. The summed E-state index contributed by atoms with van der Waals surface area (Å²) >= 11 is 1.78. The molecule has 1 aliphatic carbocycles. The summed E-state index contributed by atoms with van der Waals surface area (Å²) in [5, 5.41) is 5.83. The number of fused-ring (bicyclic) bond motifs is 1. The quantitative estimate of drug-likeness (QED) is 0.917. The molecule has 21 heavy (non-hydrogen) atoms. The first-order valence-corrected chi connectivity index (χ1v) is 8.98. The minimum Gasteiger partial charge on any atom is -0.310 e. The van der Waals surface area contributed by atoms with E-state index < -0.39 is 0 Å². The van der Waals surface area contributed by atoms with Crippen molar-refractivity contribution in [2.75, 3.05) is 19.6 Å². The first-order valence-electron chi connectivity index (χ1n) is 8.10. The molecule has 4 heteroatoms. The van der Waals surface area contributed by atoms with Crippen molar-refractivity contribution in [3.8, 4) is 0 Å². The molecule has 3 heterocycles. The number of thiophene rings is 1. The Morgan fingerprint density at radius 3 is 3.19 bits per heavy atom. The lowest BCUT2D eigenvalue weighted by Crippen LogP contribution is -2.29. The van der Waals surface area contributed by atoms with Gasteiger partial charge in [-0.15, -0.1) is 11.3 Å². The standard InChI is InChI=1S/C17H23N3S/c1-12(14-8-17-16(19-10-14)5-7-21-17)18-9-13-4-6-20(11-13)15-2-3-15/h5,7-8,10,12-13,15,18H,2-4,6,9,11H2,1H3. The number of rotatable bonds is 5. The topological polar surface area (TPSA) is 28.2 Å². The monoisotopic (exact) mass is 301 g/mol. The summed E-state index contributed by atoms with van der Waals surface area (Å²) in [5.41, 5.74) is 2.42. The molecule has 0 aromatic carbocycles. The minimum atomic E-state index is 0.388. The Labute approximate surface area is 130 Å². The molecule has 2 unspecified atom stereocenters. The number of pyridine rings is 1. The Bertz CT molecular complexity index is 619. The lowest BCUT2D eigenvalue weighted by molar-refractivity contribution is 0.310. The zero-order chi connectivity index (χ0) is 14.2. The fourth-order valence-electron chi connectivity index (χ4n) is 3.36. The summed E-state index contributed by atoms with van der Waals surface area (Å²) in [6.45, 7) is 6.00. The zero-order valence-corrected chi connectivity index (χ0v) is 13.4. The molecule has 1 aliphatic heterocycles. The van der Waals surface area contributed by atoms with Crippen LogP contribution in [0.2, 0.25) is 0 Å². The van der Waals surface area contributed by atoms with Crippen LogP contribution in [0.25, 0.3) is 10.2 Å². The molecule has 0 spiro atoms. The smallest absolute Gasteiger partial charge is 0.0809 e. The van der Waals surface area contributed by atoms with Gasteiger partial charge in [-0.1, -0.05) is 0 Å². The van der Waals surface area contributed by atoms with Gasteiger partial charge in [0.25, 0.3) is 0 Å². The van der Waals surface area contributed by atoms with Crippen LogP contribution in [0.4, 0.5) is 0 Å². The molecule has 0 radical (unpaired) electrons. The number of nitrogens with one attached hydrogen (secondary N) is 1. The van der Waals surface area contributed by atoms with Crippen molar-refractivity contribution in [2.24, 2.45) is 5.92 Å². The second-order valence-electron chi connectivity index (χ2n) is 6.58. The summed E-state index contributed by atoms with van der Waals surface area (Å²) in [6, 6.07) is 5.69. The van der Waals surface area contributed by atoms with Crippen molar-refractivity contribution < 1.29 is 0 Å². The third-order valence-electron chi connectivity index (χ3n) is 4.92. The van der Waals surface area contributed by atoms with Gasteiger partial charge in [0.2, 0.25) is 0 Å². The molecule has 2 aromatic heterocycles. The Balaban J connectivity index is 1.33. The number of hydrogen-bond acceptors (Lipinski definition) is 4. The van der Waals surface area contributed by atoms with Crippen molar-refractivity contribution >= 4 is 21.6 Å². The van der Waals surface area contributed by atoms with Gasteiger partial charge >= 0.3 is 0 Å². The maximum Gasteiger partial charge on any atom is 0.0809 e. The molecule has 1 N–H and O–H groups in total. The van der Waals surface area contributed by atoms with E-state index in [2.05, 4.69) is 39.6 Å². The average Bonchev–Trinajstić information content (AvgIpc) is 3.07. The molecule has 2 fully saturated rings. The van der Waals surface area contributed by atoms with Gasteiger partial charge in [0, 0.05) is 24.8 Å². The fraction of sp³-hybridized carbons (Fsp3) is 0.588. The van der Waals surface area contributed by atoms with Gasteiger partial charge in [-0.05, 0) is 68.3 Å². The summed E-state index contributed by atoms with van der Waals surface area (Å²) in [6.07, 6.45) is 6.25. The van der Waals surface area contributed by atoms with Crippen molar-refractivity contribution in [3.05, 3.63) is 29.3 Å². The van der Waals surface area contributed by atoms with E-state index in [1.807, 2.05) is 6.20 Å². The van der Waals surface area contributed by atoms with Gasteiger partial charge in [-0.25, -0.2) is 0 Å². The van der Waals surface area contributed by atoms with Crippen LogP contribution in [-0.2, 0) is 0 Å². The van der Waals surface area contributed by atoms with Gasteiger partial charge in [0.05, 0.1) is 10.2 Å². The highest BCUT2D eigenvalue weighted by atomic mass is 32.1. The second kappa shape index (κ2) is 5.67. The van der Waals surface area contributed by atoms with E-state index in [1.165, 1.54) is 42.6 Å². The Morgan fingerprint density at radius 2 is 2.33 bits per heavy atom. The first kappa shape index (κ1) is 13.7. The van der Waals surface area contributed by atoms with E-state index in [9.17, 15) is 0 Å². The van der Waals surface area contributed by atoms with Gasteiger partial charge in [-0.3, -0.25) is 4.98 Å². The summed E-state index contributed by atoms with van der Waals surface area (Å²) in [7, 11) is 0. The van der Waals surface area contributed by atoms with E-state index in [-0.39, 0.29) is 0 Å². The highest BCUT2D eigenvalue weighted by molar-refractivity contribution is 7.17. The van der Waals surface area contributed by atoms with Crippen molar-refractivity contribution in [1.82, 2.24) is 15.2 Å². The van der Waals surface area contributed by atoms with Crippen molar-refractivity contribution in [3.63, 3.8) is 0 Å². The summed E-state index contributed by atoms with van der Waals surface area (Å²) < 4.78 is 1.29. The molecule has 3 nitrogen and oxygen atoms in total. The molecule has 0 bridgehead atoms. The molecule has 112 valence electrons. The fourth-order valence-corrected chi connectivity index (χ4v) is 4.15. The molecular formula is C17H23N3S. The largest absolute Gasteiger partial charge is 0.310 e. The van der Waals surface area contributed by atoms with Gasteiger partial charge in [0.1, 0.15) is 0 Å². The predicted molar refractivity (Wildman–Crippen MR) is 88.7 cm³/mol. The molecule has 2 aromatic rings. The van der Waals surface area contributed by atoms with E-state index in [4.69, 9.17) is 0 Å². The summed E-state index contributed by atoms with van der Waals surface area (Å²) in [5.74, 6) is 0.825. The molecule has 0 amide bonds. The van der Waals surface area contributed by atoms with Crippen LogP contribution in [0.5, 0.6) is 0 Å². The van der Waals surface area contributed by atoms with Crippen LogP contribution in [0.15, 0.2) is 23.7 Å². The van der Waals surface area contributed by atoms with Crippen LogP contribution >= 0.6 is 11.3 Å². The Morgan fingerprint density at radius 1 is 1.43 bits per heavy atom. The zero-order valence-electron chi connectivity index (χ0n) is 12.6. The molecular weight excluding hydrogens is 278 g/mol. The van der Waals surface area contributed by atoms with E-state index in [0.717, 1.165) is 24.0 Å². The molecule has 2 aliphatic rings. The number of nitrogens with zero attached hydrogens (tertiary/aromatic N) is 2. The minimum absolute atomic E-state index is 0.388. The third kappa shape index (κ3) is 2.98. The number of hydrogen-bond donors (Lipinski definition) is 1. The number of likely N-dealkylation sites (tertiary alicyclic amines) is 1. The first-order chi connectivity index (χ1) is 10.3. The van der Waals surface area contributed by atoms with E-state index in [1.54, 1.807) is 11.3 Å². The number of aromatic nitrogens is 1. The summed E-state index contributed by atoms with van der Waals surface area (Å²) in [4.78, 5) is 7.24. The maximum atomic E-state index is 4.55. The van der Waals surface area contributed by atoms with Gasteiger partial charge < -0.3 is 10.2 Å². The van der Waals surface area contributed by atoms with Crippen LogP contribution in [0, 0.1) is 5.92 Å². The lowest BCUT2D eigenvalue weighted by Gasteiger charge is -2.18. The SMILES string of the molecule is CC(NCC1CCN(C2CC2)C1)c1cnc2ccsc2c1. The maximum absolute atomic E-state index is 4.55. The molecule has 1 saturated carbocycles. The average molecular weight is 301 g/mol. The second-order valence-corrected chi connectivity index (χ2v) is 7.53. The normalized spacial score (nSPS) is 24.7. The van der Waals surface area contributed by atoms with E-state index in [0.29, 0.717) is 6.04 Å². The Kier molecular flexibility index (Phi) is 3.69. The van der Waals surface area contributed by atoms with Crippen molar-refractivity contribution in [1.29, 1.82) is 0 Å². The predicted octanol–water partition coefficient (Wildman–Crippen LogP) is 3.43. The van der Waals surface area contributed by atoms with Crippen LogP contribution in [0.3, 0.4) is 0 Å². The van der Waals surface area contributed by atoms with Gasteiger partial charge in [0.15, 0.2) is 0 Å². The van der Waals surface area contributed by atoms with Crippen LogP contribution in [0.1, 0.15) is 37.8 Å². The highest BCUT2D eigenvalue weighted by Gasteiger charge is 2.34. The van der Waals surface area contributed by atoms with Crippen LogP contribution < -0.4 is 5.32 Å². The highest BCUT2D eigenvalue weighted by Crippen LogP contribution is 2.31. The van der Waals surface area contributed by atoms with Gasteiger partial charge in [-0.2, -0.15) is 0 Å². The third-order valence-corrected chi connectivity index (χ3v) is 5.77. The molecule has 2 atom stereocenters. The molecule has 1 saturated heterocycles. The van der Waals surface area contributed by atoms with E-state index >= 15 is 0 Å². The molecule has 4 rings (SSSR count). The van der Waals surface area contributed by atoms with Crippen LogP contribution in [-0.4, -0.2) is 35.6 Å². The Hall–Kier alpha value is -0.970. The van der Waals surface area contributed by atoms with Crippen molar-refractivity contribution in [2.45, 2.75) is 38.3 Å².